The summed E-state index contributed by atoms with van der Waals surface area (Å²) in [5, 5.41) is 7.44. The molecule has 1 aromatic carbocycles. The normalized spacial score (nSPS) is 19.1. The predicted octanol–water partition coefficient (Wildman–Crippen LogP) is 2.74. The first-order valence-corrected chi connectivity index (χ1v) is 9.10. The van der Waals surface area contributed by atoms with Gasteiger partial charge in [-0.25, -0.2) is 13.2 Å². The average Bonchev–Trinajstić information content (AvgIpc) is 3.00. The van der Waals surface area contributed by atoms with Crippen molar-refractivity contribution in [2.24, 2.45) is 0 Å². The van der Waals surface area contributed by atoms with Crippen molar-refractivity contribution in [2.45, 2.75) is 26.3 Å². The molecule has 6 nitrogen and oxygen atoms in total. The fraction of sp³-hybridized carbons (Fsp3) is 0.312. The quantitative estimate of drug-likeness (QED) is 0.903. The number of benzene rings is 1. The standard InChI is InChI=1S/C16H18N2O4S/c1-3-14-10(2)12-5-4-6-13(15(12)22-14)18-16(19)17-11-7-8-23(20,21)9-11/h4-8,11H,3,9H2,1-2H3,(H2,17,18,19). The molecule has 0 bridgehead atoms. The summed E-state index contributed by atoms with van der Waals surface area (Å²) in [4.78, 5) is 12.1. The van der Waals surface area contributed by atoms with Crippen LogP contribution in [0.25, 0.3) is 11.0 Å². The van der Waals surface area contributed by atoms with Gasteiger partial charge in [-0.15, -0.1) is 0 Å². The number of hydrogen-bond donors (Lipinski definition) is 2. The highest BCUT2D eigenvalue weighted by atomic mass is 32.2. The molecule has 2 N–H and O–H groups in total. The van der Waals surface area contributed by atoms with Gasteiger partial charge in [0.05, 0.1) is 17.5 Å². The van der Waals surface area contributed by atoms with E-state index in [1.165, 1.54) is 6.08 Å². The zero-order valence-corrected chi connectivity index (χ0v) is 13.7. The van der Waals surface area contributed by atoms with Crippen LogP contribution in [0.1, 0.15) is 18.2 Å². The largest absolute Gasteiger partial charge is 0.459 e. The summed E-state index contributed by atoms with van der Waals surface area (Å²) in [6.45, 7) is 4.00. The van der Waals surface area contributed by atoms with Crippen molar-refractivity contribution < 1.29 is 17.6 Å². The van der Waals surface area contributed by atoms with Gasteiger partial charge in [0.25, 0.3) is 0 Å². The summed E-state index contributed by atoms with van der Waals surface area (Å²) in [5.74, 6) is 0.782. The second kappa shape index (κ2) is 5.73. The third-order valence-corrected chi connectivity index (χ3v) is 5.27. The fourth-order valence-corrected chi connectivity index (χ4v) is 3.96. The van der Waals surface area contributed by atoms with E-state index in [0.29, 0.717) is 11.3 Å². The Hall–Kier alpha value is -2.28. The lowest BCUT2D eigenvalue weighted by Gasteiger charge is -2.11. The smallest absolute Gasteiger partial charge is 0.319 e. The SMILES string of the molecule is CCc1oc2c(NC(=O)NC3C=CS(=O)(=O)C3)cccc2c1C. The summed E-state index contributed by atoms with van der Waals surface area (Å²) < 4.78 is 28.5. The van der Waals surface area contributed by atoms with Crippen LogP contribution in [-0.2, 0) is 16.3 Å². The lowest BCUT2D eigenvalue weighted by atomic mass is 10.1. The number of sulfone groups is 1. The van der Waals surface area contributed by atoms with Crippen LogP contribution in [0.5, 0.6) is 0 Å². The van der Waals surface area contributed by atoms with Crippen LogP contribution in [0.3, 0.4) is 0 Å². The van der Waals surface area contributed by atoms with Gasteiger partial charge < -0.3 is 15.1 Å². The van der Waals surface area contributed by atoms with Gasteiger partial charge in [0.15, 0.2) is 15.4 Å². The number of hydrogen-bond acceptors (Lipinski definition) is 4. The molecule has 0 spiro atoms. The molecular formula is C16H18N2O4S. The van der Waals surface area contributed by atoms with Gasteiger partial charge >= 0.3 is 6.03 Å². The van der Waals surface area contributed by atoms with Gasteiger partial charge in [-0.2, -0.15) is 0 Å². The van der Waals surface area contributed by atoms with E-state index < -0.39 is 21.9 Å². The number of amides is 2. The van der Waals surface area contributed by atoms with Crippen molar-refractivity contribution in [3.05, 3.63) is 41.0 Å². The van der Waals surface area contributed by atoms with E-state index in [2.05, 4.69) is 10.6 Å². The van der Waals surface area contributed by atoms with E-state index in [1.807, 2.05) is 26.0 Å². The number of anilines is 1. The Morgan fingerprint density at radius 2 is 2.17 bits per heavy atom. The lowest BCUT2D eigenvalue weighted by Crippen LogP contribution is -2.38. The van der Waals surface area contributed by atoms with Crippen LogP contribution in [0.2, 0.25) is 0 Å². The first-order chi connectivity index (χ1) is 10.9. The minimum atomic E-state index is -3.20. The lowest BCUT2D eigenvalue weighted by molar-refractivity contribution is 0.251. The molecule has 122 valence electrons. The van der Waals surface area contributed by atoms with Crippen LogP contribution in [-0.4, -0.2) is 26.2 Å². The highest BCUT2D eigenvalue weighted by Gasteiger charge is 2.23. The molecule has 2 heterocycles. The van der Waals surface area contributed by atoms with Gasteiger partial charge in [0, 0.05) is 17.2 Å². The Morgan fingerprint density at radius 3 is 2.83 bits per heavy atom. The molecule has 1 unspecified atom stereocenters. The third kappa shape index (κ3) is 3.10. The van der Waals surface area contributed by atoms with Gasteiger partial charge in [0.2, 0.25) is 0 Å². The second-order valence-electron chi connectivity index (χ2n) is 5.55. The molecule has 23 heavy (non-hydrogen) atoms. The highest BCUT2D eigenvalue weighted by molar-refractivity contribution is 7.94. The van der Waals surface area contributed by atoms with E-state index in [9.17, 15) is 13.2 Å². The van der Waals surface area contributed by atoms with Crippen molar-refractivity contribution in [1.82, 2.24) is 5.32 Å². The first kappa shape index (κ1) is 15.6. The molecule has 1 aromatic heterocycles. The monoisotopic (exact) mass is 334 g/mol. The Balaban J connectivity index is 1.79. The van der Waals surface area contributed by atoms with Crippen LogP contribution in [0.15, 0.2) is 34.1 Å². The summed E-state index contributed by atoms with van der Waals surface area (Å²) in [7, 11) is -3.20. The minimum Gasteiger partial charge on any atom is -0.459 e. The number of aryl methyl sites for hydroxylation is 2. The Kier molecular flexibility index (Phi) is 3.89. The minimum absolute atomic E-state index is 0.107. The molecule has 0 saturated heterocycles. The third-order valence-electron chi connectivity index (χ3n) is 3.88. The van der Waals surface area contributed by atoms with Crippen molar-refractivity contribution in [1.29, 1.82) is 0 Å². The van der Waals surface area contributed by atoms with Gasteiger partial charge in [-0.05, 0) is 24.6 Å². The maximum atomic E-state index is 12.1. The molecule has 0 aliphatic carbocycles. The van der Waals surface area contributed by atoms with Crippen LogP contribution >= 0.6 is 0 Å². The molecule has 1 atom stereocenters. The second-order valence-corrected chi connectivity index (χ2v) is 7.48. The number of carbonyl (C=O) groups is 1. The maximum Gasteiger partial charge on any atom is 0.319 e. The molecule has 0 fully saturated rings. The zero-order valence-electron chi connectivity index (χ0n) is 12.9. The van der Waals surface area contributed by atoms with E-state index in [1.54, 1.807) is 6.07 Å². The summed E-state index contributed by atoms with van der Waals surface area (Å²) in [6.07, 6.45) is 2.25. The first-order valence-electron chi connectivity index (χ1n) is 7.39. The molecule has 2 aromatic rings. The maximum absolute atomic E-state index is 12.1. The Labute approximate surface area is 134 Å². The van der Waals surface area contributed by atoms with Crippen molar-refractivity contribution in [3.63, 3.8) is 0 Å². The summed E-state index contributed by atoms with van der Waals surface area (Å²) in [5.41, 5.74) is 2.26. The molecule has 1 aliphatic heterocycles. The van der Waals surface area contributed by atoms with E-state index in [0.717, 1.165) is 28.5 Å². The van der Waals surface area contributed by atoms with Crippen LogP contribution < -0.4 is 10.6 Å². The zero-order chi connectivity index (χ0) is 16.6. The number of nitrogens with one attached hydrogen (secondary N) is 2. The van der Waals surface area contributed by atoms with Gasteiger partial charge in [-0.1, -0.05) is 19.1 Å². The fourth-order valence-electron chi connectivity index (χ4n) is 2.72. The van der Waals surface area contributed by atoms with E-state index in [4.69, 9.17) is 4.42 Å². The topological polar surface area (TPSA) is 88.4 Å². The molecule has 7 heteroatoms. The average molecular weight is 334 g/mol. The van der Waals surface area contributed by atoms with E-state index >= 15 is 0 Å². The molecule has 0 saturated carbocycles. The van der Waals surface area contributed by atoms with Gasteiger partial charge in [0.1, 0.15) is 5.76 Å². The highest BCUT2D eigenvalue weighted by Crippen LogP contribution is 2.31. The molecule has 0 radical (unpaired) electrons. The Morgan fingerprint density at radius 1 is 1.39 bits per heavy atom. The van der Waals surface area contributed by atoms with Crippen LogP contribution in [0.4, 0.5) is 10.5 Å². The van der Waals surface area contributed by atoms with Crippen molar-refractivity contribution >= 4 is 32.5 Å². The number of carbonyl (C=O) groups excluding carboxylic acids is 1. The molecular weight excluding hydrogens is 316 g/mol. The number of furan rings is 1. The summed E-state index contributed by atoms with van der Waals surface area (Å²) in [6, 6.07) is 4.58. The summed E-state index contributed by atoms with van der Waals surface area (Å²) >= 11 is 0. The molecule has 3 rings (SSSR count). The predicted molar refractivity (Wildman–Crippen MR) is 89.2 cm³/mol. The molecule has 1 aliphatic rings. The number of urea groups is 1. The number of fused-ring (bicyclic) bond motifs is 1. The van der Waals surface area contributed by atoms with Crippen molar-refractivity contribution in [2.75, 3.05) is 11.1 Å². The Bertz CT molecular complexity index is 896. The number of rotatable bonds is 3. The van der Waals surface area contributed by atoms with Crippen LogP contribution in [0, 0.1) is 6.92 Å². The molecule has 2 amide bonds. The van der Waals surface area contributed by atoms with Crippen molar-refractivity contribution in [3.8, 4) is 0 Å². The van der Waals surface area contributed by atoms with E-state index in [-0.39, 0.29) is 5.75 Å². The van der Waals surface area contributed by atoms with Gasteiger partial charge in [-0.3, -0.25) is 0 Å². The number of para-hydroxylation sites is 1.